The Morgan fingerprint density at radius 1 is 1.11 bits per heavy atom. The maximum atomic E-state index is 12.2. The van der Waals surface area contributed by atoms with Crippen LogP contribution < -0.4 is 10.6 Å². The fourth-order valence-electron chi connectivity index (χ4n) is 2.44. The Hall–Kier alpha value is -2.93. The number of nitrogens with zero attached hydrogens (tertiary/aromatic N) is 1. The summed E-state index contributed by atoms with van der Waals surface area (Å²) in [5, 5.41) is 9.30. The Kier molecular flexibility index (Phi) is 6.03. The average molecular weight is 428 g/mol. The van der Waals surface area contributed by atoms with E-state index in [1.807, 2.05) is 55.5 Å². The highest BCUT2D eigenvalue weighted by molar-refractivity contribution is 9.10. The molecule has 0 saturated carbocycles. The number of carbonyl (C=O) groups is 2. The number of aryl methyl sites for hydroxylation is 1. The highest BCUT2D eigenvalue weighted by Crippen LogP contribution is 2.21. The lowest BCUT2D eigenvalue weighted by molar-refractivity contribution is -0.116. The quantitative estimate of drug-likeness (QED) is 0.617. The molecule has 3 rings (SSSR count). The number of rotatable bonds is 6. The smallest absolute Gasteiger partial charge is 0.273 e. The fourth-order valence-corrected chi connectivity index (χ4v) is 2.80. The molecular weight excluding hydrogens is 410 g/mol. The molecule has 0 spiro atoms. The van der Waals surface area contributed by atoms with E-state index in [4.69, 9.17) is 4.52 Å². The minimum Gasteiger partial charge on any atom is -0.355 e. The molecule has 0 bridgehead atoms. The normalized spacial score (nSPS) is 10.4. The standard InChI is InChI=1S/C20H18BrN3O3/c1-13-7-8-15(21)11-16(13)23-19(25)9-10-22-20(26)17-12-18(27-24-17)14-5-3-2-4-6-14/h2-8,11-12H,9-10H2,1H3,(H,22,26)(H,23,25). The largest absolute Gasteiger partial charge is 0.355 e. The van der Waals surface area contributed by atoms with Crippen LogP contribution in [0.1, 0.15) is 22.5 Å². The van der Waals surface area contributed by atoms with Crippen LogP contribution >= 0.6 is 15.9 Å². The highest BCUT2D eigenvalue weighted by Gasteiger charge is 2.14. The molecule has 1 heterocycles. The van der Waals surface area contributed by atoms with Crippen LogP contribution in [0.5, 0.6) is 0 Å². The van der Waals surface area contributed by atoms with Crippen LogP contribution in [0, 0.1) is 6.92 Å². The number of halogens is 1. The first-order chi connectivity index (χ1) is 13.0. The minimum atomic E-state index is -0.382. The Balaban J connectivity index is 1.50. The number of carbonyl (C=O) groups excluding carboxylic acids is 2. The van der Waals surface area contributed by atoms with Gasteiger partial charge < -0.3 is 15.2 Å². The summed E-state index contributed by atoms with van der Waals surface area (Å²) >= 11 is 3.38. The molecule has 0 aliphatic rings. The molecule has 3 aromatic rings. The van der Waals surface area contributed by atoms with Crippen LogP contribution in [0.2, 0.25) is 0 Å². The number of hydrogen-bond acceptors (Lipinski definition) is 4. The van der Waals surface area contributed by atoms with E-state index >= 15 is 0 Å². The van der Waals surface area contributed by atoms with Crippen LogP contribution in [-0.2, 0) is 4.79 Å². The van der Waals surface area contributed by atoms with Crippen molar-refractivity contribution in [3.05, 3.63) is 70.3 Å². The van der Waals surface area contributed by atoms with Gasteiger partial charge >= 0.3 is 0 Å². The zero-order chi connectivity index (χ0) is 19.2. The van der Waals surface area contributed by atoms with Gasteiger partial charge in [-0.15, -0.1) is 0 Å². The monoisotopic (exact) mass is 427 g/mol. The zero-order valence-electron chi connectivity index (χ0n) is 14.7. The van der Waals surface area contributed by atoms with E-state index in [9.17, 15) is 9.59 Å². The summed E-state index contributed by atoms with van der Waals surface area (Å²) in [6.45, 7) is 2.12. The summed E-state index contributed by atoms with van der Waals surface area (Å²) < 4.78 is 6.09. The second kappa shape index (κ2) is 8.64. The van der Waals surface area contributed by atoms with Crippen molar-refractivity contribution < 1.29 is 14.1 Å². The third kappa shape index (κ3) is 5.04. The van der Waals surface area contributed by atoms with Crippen LogP contribution in [0.25, 0.3) is 11.3 Å². The lowest BCUT2D eigenvalue weighted by Gasteiger charge is -2.09. The molecule has 0 atom stereocenters. The molecule has 2 aromatic carbocycles. The lowest BCUT2D eigenvalue weighted by atomic mass is 10.1. The summed E-state index contributed by atoms with van der Waals surface area (Å²) in [5.74, 6) is -0.0439. The average Bonchev–Trinajstić information content (AvgIpc) is 3.16. The third-order valence-corrected chi connectivity index (χ3v) is 4.41. The van der Waals surface area contributed by atoms with Crippen molar-refractivity contribution in [1.29, 1.82) is 0 Å². The second-order valence-electron chi connectivity index (χ2n) is 5.96. The molecular formula is C20H18BrN3O3. The van der Waals surface area contributed by atoms with Crippen molar-refractivity contribution in [3.63, 3.8) is 0 Å². The molecule has 2 amide bonds. The van der Waals surface area contributed by atoms with E-state index in [2.05, 4.69) is 31.7 Å². The van der Waals surface area contributed by atoms with Gasteiger partial charge in [0.1, 0.15) is 0 Å². The Morgan fingerprint density at radius 3 is 2.67 bits per heavy atom. The lowest BCUT2D eigenvalue weighted by Crippen LogP contribution is -2.28. The minimum absolute atomic E-state index is 0.154. The van der Waals surface area contributed by atoms with E-state index < -0.39 is 0 Å². The number of hydrogen-bond donors (Lipinski definition) is 2. The van der Waals surface area contributed by atoms with Crippen LogP contribution in [-0.4, -0.2) is 23.5 Å². The molecule has 0 unspecified atom stereocenters. The topological polar surface area (TPSA) is 84.2 Å². The predicted octanol–water partition coefficient (Wildman–Crippen LogP) is 4.17. The molecule has 138 valence electrons. The molecule has 2 N–H and O–H groups in total. The first-order valence-corrected chi connectivity index (χ1v) is 9.18. The van der Waals surface area contributed by atoms with E-state index in [1.54, 1.807) is 6.07 Å². The van der Waals surface area contributed by atoms with Gasteiger partial charge in [0, 0.05) is 34.8 Å². The van der Waals surface area contributed by atoms with Crippen molar-refractivity contribution in [3.8, 4) is 11.3 Å². The molecule has 0 aliphatic heterocycles. The van der Waals surface area contributed by atoms with Crippen molar-refractivity contribution in [2.75, 3.05) is 11.9 Å². The van der Waals surface area contributed by atoms with Crippen LogP contribution in [0.15, 0.2) is 63.6 Å². The molecule has 27 heavy (non-hydrogen) atoms. The van der Waals surface area contributed by atoms with Crippen LogP contribution in [0.3, 0.4) is 0 Å². The van der Waals surface area contributed by atoms with Gasteiger partial charge in [-0.25, -0.2) is 0 Å². The number of anilines is 1. The maximum Gasteiger partial charge on any atom is 0.273 e. The number of aromatic nitrogens is 1. The van der Waals surface area contributed by atoms with Gasteiger partial charge in [-0.1, -0.05) is 57.5 Å². The van der Waals surface area contributed by atoms with Gasteiger partial charge in [-0.2, -0.15) is 0 Å². The van der Waals surface area contributed by atoms with Gasteiger partial charge in [-0.05, 0) is 24.6 Å². The maximum absolute atomic E-state index is 12.2. The molecule has 6 nitrogen and oxygen atoms in total. The van der Waals surface area contributed by atoms with Crippen molar-refractivity contribution >= 4 is 33.4 Å². The van der Waals surface area contributed by atoms with E-state index in [0.717, 1.165) is 21.3 Å². The Bertz CT molecular complexity index is 954. The highest BCUT2D eigenvalue weighted by atomic mass is 79.9. The van der Waals surface area contributed by atoms with Gasteiger partial charge in [0.25, 0.3) is 5.91 Å². The van der Waals surface area contributed by atoms with E-state index in [-0.39, 0.29) is 30.5 Å². The Morgan fingerprint density at radius 2 is 1.89 bits per heavy atom. The number of benzene rings is 2. The summed E-state index contributed by atoms with van der Waals surface area (Å²) in [6.07, 6.45) is 0.154. The van der Waals surface area contributed by atoms with Gasteiger partial charge in [0.05, 0.1) is 0 Å². The van der Waals surface area contributed by atoms with Crippen molar-refractivity contribution in [2.45, 2.75) is 13.3 Å². The van der Waals surface area contributed by atoms with Crippen molar-refractivity contribution in [2.24, 2.45) is 0 Å². The number of amides is 2. The molecule has 0 fully saturated rings. The Labute approximate surface area is 165 Å². The third-order valence-electron chi connectivity index (χ3n) is 3.91. The summed E-state index contributed by atoms with van der Waals surface area (Å²) in [4.78, 5) is 24.2. The zero-order valence-corrected chi connectivity index (χ0v) is 16.2. The summed E-state index contributed by atoms with van der Waals surface area (Å²) in [7, 11) is 0. The molecule has 1 aromatic heterocycles. The molecule has 0 radical (unpaired) electrons. The molecule has 7 heteroatoms. The van der Waals surface area contributed by atoms with Gasteiger partial charge in [0.2, 0.25) is 5.91 Å². The molecule has 0 aliphatic carbocycles. The van der Waals surface area contributed by atoms with E-state index in [1.165, 1.54) is 0 Å². The summed E-state index contributed by atoms with van der Waals surface area (Å²) in [6, 6.07) is 16.6. The van der Waals surface area contributed by atoms with Gasteiger partial charge in [-0.3, -0.25) is 9.59 Å². The predicted molar refractivity (Wildman–Crippen MR) is 106 cm³/mol. The second-order valence-corrected chi connectivity index (χ2v) is 6.87. The van der Waals surface area contributed by atoms with Gasteiger partial charge in [0.15, 0.2) is 11.5 Å². The molecule has 0 saturated heterocycles. The summed E-state index contributed by atoms with van der Waals surface area (Å²) in [5.41, 5.74) is 2.72. The first kappa shape index (κ1) is 18.8. The fraction of sp³-hybridized carbons (Fsp3) is 0.150. The van der Waals surface area contributed by atoms with E-state index in [0.29, 0.717) is 5.76 Å². The van der Waals surface area contributed by atoms with Crippen LogP contribution in [0.4, 0.5) is 5.69 Å². The first-order valence-electron chi connectivity index (χ1n) is 8.39. The van der Waals surface area contributed by atoms with Crippen molar-refractivity contribution in [1.82, 2.24) is 10.5 Å². The number of nitrogens with one attached hydrogen (secondary N) is 2. The SMILES string of the molecule is Cc1ccc(Br)cc1NC(=O)CCNC(=O)c1cc(-c2ccccc2)on1.